The summed E-state index contributed by atoms with van der Waals surface area (Å²) in [5.74, 6) is 1.09. The first-order valence-electron chi connectivity index (χ1n) is 4.67. The van der Waals surface area contributed by atoms with Crippen LogP contribution in [0, 0.1) is 0 Å². The predicted octanol–water partition coefficient (Wildman–Crippen LogP) is 2.20. The largest absolute Gasteiger partial charge is 0.295 e. The Labute approximate surface area is 99.7 Å². The standard InChI is InChI=1S/C10H13Cl2N3/c11-3-7-15(8-4-12)14-9-10-1-5-13-6-2-10/h1-2,5-6,9H,3-4,7-8H2/b14-9-. The fourth-order valence-corrected chi connectivity index (χ4v) is 1.41. The minimum atomic E-state index is 0.546. The van der Waals surface area contributed by atoms with Gasteiger partial charge in [0.05, 0.1) is 6.21 Å². The third-order valence-electron chi connectivity index (χ3n) is 1.76. The number of aromatic nitrogens is 1. The molecule has 0 aliphatic carbocycles. The second-order valence-electron chi connectivity index (χ2n) is 2.86. The van der Waals surface area contributed by atoms with E-state index in [1.165, 1.54) is 0 Å². The second-order valence-corrected chi connectivity index (χ2v) is 3.61. The molecule has 82 valence electrons. The average Bonchev–Trinajstić information content (AvgIpc) is 2.28. The first kappa shape index (κ1) is 12.3. The number of nitrogens with zero attached hydrogens (tertiary/aromatic N) is 3. The van der Waals surface area contributed by atoms with Gasteiger partial charge in [-0.3, -0.25) is 9.99 Å². The zero-order valence-corrected chi connectivity index (χ0v) is 9.82. The quantitative estimate of drug-likeness (QED) is 0.437. The molecule has 0 saturated carbocycles. The van der Waals surface area contributed by atoms with Crippen molar-refractivity contribution in [1.82, 2.24) is 9.99 Å². The van der Waals surface area contributed by atoms with Crippen molar-refractivity contribution in [2.24, 2.45) is 5.10 Å². The summed E-state index contributed by atoms with van der Waals surface area (Å²) in [6.45, 7) is 1.41. The Kier molecular flexibility index (Phi) is 6.12. The van der Waals surface area contributed by atoms with Gasteiger partial charge in [0, 0.05) is 37.2 Å². The monoisotopic (exact) mass is 245 g/mol. The maximum atomic E-state index is 5.65. The van der Waals surface area contributed by atoms with Gasteiger partial charge >= 0.3 is 0 Å². The van der Waals surface area contributed by atoms with Crippen molar-refractivity contribution < 1.29 is 0 Å². The lowest BCUT2D eigenvalue weighted by Gasteiger charge is -2.15. The highest BCUT2D eigenvalue weighted by atomic mass is 35.5. The smallest absolute Gasteiger partial charge is 0.0544 e. The Morgan fingerprint density at radius 1 is 1.20 bits per heavy atom. The first-order chi connectivity index (χ1) is 7.36. The van der Waals surface area contributed by atoms with Gasteiger partial charge in [-0.25, -0.2) is 0 Å². The minimum Gasteiger partial charge on any atom is -0.295 e. The van der Waals surface area contributed by atoms with E-state index >= 15 is 0 Å². The Morgan fingerprint density at radius 2 is 1.80 bits per heavy atom. The molecule has 0 aliphatic heterocycles. The van der Waals surface area contributed by atoms with Crippen LogP contribution in [0.2, 0.25) is 0 Å². The van der Waals surface area contributed by atoms with Gasteiger partial charge in [0.25, 0.3) is 0 Å². The average molecular weight is 246 g/mol. The van der Waals surface area contributed by atoms with Gasteiger partial charge in [0.15, 0.2) is 0 Å². The van der Waals surface area contributed by atoms with Crippen LogP contribution >= 0.6 is 23.2 Å². The Hall–Kier alpha value is -0.800. The van der Waals surface area contributed by atoms with Gasteiger partial charge < -0.3 is 0 Å². The fraction of sp³-hybridized carbons (Fsp3) is 0.400. The molecule has 1 aromatic rings. The fourth-order valence-electron chi connectivity index (χ4n) is 1.02. The van der Waals surface area contributed by atoms with E-state index < -0.39 is 0 Å². The molecule has 1 rings (SSSR count). The van der Waals surface area contributed by atoms with Crippen LogP contribution in [0.1, 0.15) is 5.56 Å². The summed E-state index contributed by atoms with van der Waals surface area (Å²) < 4.78 is 0. The topological polar surface area (TPSA) is 28.5 Å². The molecule has 0 aliphatic rings. The summed E-state index contributed by atoms with van der Waals surface area (Å²) in [6.07, 6.45) is 5.24. The zero-order valence-electron chi connectivity index (χ0n) is 8.31. The van der Waals surface area contributed by atoms with Crippen LogP contribution in [0.15, 0.2) is 29.6 Å². The van der Waals surface area contributed by atoms with Crippen molar-refractivity contribution in [3.05, 3.63) is 30.1 Å². The van der Waals surface area contributed by atoms with Gasteiger partial charge in [-0.1, -0.05) is 0 Å². The highest BCUT2D eigenvalue weighted by molar-refractivity contribution is 6.18. The maximum Gasteiger partial charge on any atom is 0.0544 e. The summed E-state index contributed by atoms with van der Waals surface area (Å²) in [6, 6.07) is 3.78. The van der Waals surface area contributed by atoms with Crippen LogP contribution in [-0.2, 0) is 0 Å². The van der Waals surface area contributed by atoms with Crippen molar-refractivity contribution >= 4 is 29.4 Å². The predicted molar refractivity (Wildman–Crippen MR) is 64.8 cm³/mol. The Balaban J connectivity index is 2.53. The molecule has 0 unspecified atom stereocenters. The molecule has 0 amide bonds. The summed E-state index contributed by atoms with van der Waals surface area (Å²) in [7, 11) is 0. The van der Waals surface area contributed by atoms with Crippen LogP contribution < -0.4 is 0 Å². The molecule has 0 N–H and O–H groups in total. The van der Waals surface area contributed by atoms with Gasteiger partial charge in [-0.2, -0.15) is 5.10 Å². The summed E-state index contributed by atoms with van der Waals surface area (Å²) >= 11 is 11.3. The van der Waals surface area contributed by atoms with E-state index in [0.717, 1.165) is 5.56 Å². The lowest BCUT2D eigenvalue weighted by molar-refractivity contribution is 0.327. The molecule has 0 saturated heterocycles. The highest BCUT2D eigenvalue weighted by Crippen LogP contribution is 1.96. The molecule has 3 nitrogen and oxygen atoms in total. The van der Waals surface area contributed by atoms with E-state index in [4.69, 9.17) is 23.2 Å². The molecule has 0 bridgehead atoms. The van der Waals surface area contributed by atoms with Crippen LogP contribution in [0.3, 0.4) is 0 Å². The van der Waals surface area contributed by atoms with Crippen molar-refractivity contribution in [3.8, 4) is 0 Å². The number of hydrogen-bond donors (Lipinski definition) is 0. The lowest BCUT2D eigenvalue weighted by Crippen LogP contribution is -2.22. The number of alkyl halides is 2. The second kappa shape index (κ2) is 7.49. The molecule has 15 heavy (non-hydrogen) atoms. The zero-order chi connectivity index (χ0) is 10.9. The molecule has 5 heteroatoms. The van der Waals surface area contributed by atoms with Crippen LogP contribution in [0.5, 0.6) is 0 Å². The van der Waals surface area contributed by atoms with Gasteiger partial charge in [-0.15, -0.1) is 23.2 Å². The van der Waals surface area contributed by atoms with E-state index in [-0.39, 0.29) is 0 Å². The number of hydrogen-bond acceptors (Lipinski definition) is 3. The van der Waals surface area contributed by atoms with Crippen molar-refractivity contribution in [1.29, 1.82) is 0 Å². The van der Waals surface area contributed by atoms with E-state index in [0.29, 0.717) is 24.8 Å². The lowest BCUT2D eigenvalue weighted by atomic mass is 10.3. The van der Waals surface area contributed by atoms with Crippen LogP contribution in [0.25, 0.3) is 0 Å². The number of hydrazone groups is 1. The summed E-state index contributed by atoms with van der Waals surface area (Å²) in [4.78, 5) is 3.93. The number of pyridine rings is 1. The third kappa shape index (κ3) is 5.00. The van der Waals surface area contributed by atoms with Crippen LogP contribution in [-0.4, -0.2) is 41.1 Å². The number of rotatable bonds is 6. The molecule has 0 aromatic carbocycles. The normalized spacial score (nSPS) is 10.8. The van der Waals surface area contributed by atoms with Gasteiger partial charge in [0.1, 0.15) is 0 Å². The molecule has 0 fully saturated rings. The molecular weight excluding hydrogens is 233 g/mol. The van der Waals surface area contributed by atoms with Gasteiger partial charge in [-0.05, 0) is 17.7 Å². The van der Waals surface area contributed by atoms with E-state index in [1.807, 2.05) is 17.1 Å². The highest BCUT2D eigenvalue weighted by Gasteiger charge is 1.97. The third-order valence-corrected chi connectivity index (χ3v) is 2.10. The summed E-state index contributed by atoms with van der Waals surface area (Å²) in [5.41, 5.74) is 1.01. The summed E-state index contributed by atoms with van der Waals surface area (Å²) in [5, 5.41) is 6.13. The minimum absolute atomic E-state index is 0.546. The Morgan fingerprint density at radius 3 is 2.33 bits per heavy atom. The molecule has 1 aromatic heterocycles. The maximum absolute atomic E-state index is 5.65. The van der Waals surface area contributed by atoms with Crippen molar-refractivity contribution in [2.75, 3.05) is 24.8 Å². The molecule has 0 radical (unpaired) electrons. The molecule has 1 heterocycles. The van der Waals surface area contributed by atoms with Gasteiger partial charge in [0.2, 0.25) is 0 Å². The van der Waals surface area contributed by atoms with E-state index in [2.05, 4.69) is 10.1 Å². The molecule has 0 atom stereocenters. The SMILES string of the molecule is ClCCN(CCCl)/N=C\c1ccncc1. The van der Waals surface area contributed by atoms with Crippen molar-refractivity contribution in [3.63, 3.8) is 0 Å². The first-order valence-corrected chi connectivity index (χ1v) is 5.74. The molecule has 0 spiro atoms. The van der Waals surface area contributed by atoms with E-state index in [9.17, 15) is 0 Å². The molecular formula is C10H13Cl2N3. The number of halogens is 2. The van der Waals surface area contributed by atoms with E-state index in [1.54, 1.807) is 18.6 Å². The van der Waals surface area contributed by atoms with Crippen LogP contribution in [0.4, 0.5) is 0 Å². The van der Waals surface area contributed by atoms with Crippen molar-refractivity contribution in [2.45, 2.75) is 0 Å². The Bertz CT molecular complexity index is 284.